The Bertz CT molecular complexity index is 432. The van der Waals surface area contributed by atoms with Crippen molar-refractivity contribution in [2.45, 2.75) is 25.8 Å². The fourth-order valence-corrected chi connectivity index (χ4v) is 2.33. The van der Waals surface area contributed by atoms with Crippen LogP contribution in [-0.4, -0.2) is 52.8 Å². The van der Waals surface area contributed by atoms with Gasteiger partial charge in [0.1, 0.15) is 5.82 Å². The average Bonchev–Trinajstić information content (AvgIpc) is 2.69. The lowest BCUT2D eigenvalue weighted by Gasteiger charge is -2.34. The number of aryl methyl sites for hydroxylation is 1. The predicted molar refractivity (Wildman–Crippen MR) is 70.3 cm³/mol. The SMILES string of the molecule is Cc1cnn(C2CCN(C(=O)N(C)C)CC2)c1N. The zero-order valence-electron chi connectivity index (χ0n) is 11.3. The van der Waals surface area contributed by atoms with Gasteiger partial charge in [-0.3, -0.25) is 0 Å². The number of anilines is 1. The molecule has 6 heteroatoms. The highest BCUT2D eigenvalue weighted by molar-refractivity contribution is 5.73. The van der Waals surface area contributed by atoms with Crippen LogP contribution in [0.3, 0.4) is 0 Å². The molecule has 100 valence electrons. The number of carbonyl (C=O) groups excluding carboxylic acids is 1. The molecule has 2 amide bonds. The Balaban J connectivity index is 1.99. The molecule has 1 aliphatic heterocycles. The molecule has 1 aromatic rings. The molecule has 1 aliphatic rings. The molecule has 1 aromatic heterocycles. The Morgan fingerprint density at radius 3 is 2.50 bits per heavy atom. The van der Waals surface area contributed by atoms with Crippen molar-refractivity contribution in [2.75, 3.05) is 32.9 Å². The first-order valence-corrected chi connectivity index (χ1v) is 6.26. The Hall–Kier alpha value is -1.72. The topological polar surface area (TPSA) is 67.4 Å². The van der Waals surface area contributed by atoms with E-state index in [1.54, 1.807) is 25.2 Å². The van der Waals surface area contributed by atoms with Crippen molar-refractivity contribution in [3.05, 3.63) is 11.8 Å². The standard InChI is InChI=1S/C12H21N5O/c1-9-8-14-17(11(9)13)10-4-6-16(7-5-10)12(18)15(2)3/h8,10H,4-7,13H2,1-3H3. The highest BCUT2D eigenvalue weighted by Crippen LogP contribution is 2.25. The minimum Gasteiger partial charge on any atom is -0.384 e. The summed E-state index contributed by atoms with van der Waals surface area (Å²) in [4.78, 5) is 15.3. The first-order chi connectivity index (χ1) is 8.50. The molecule has 0 radical (unpaired) electrons. The summed E-state index contributed by atoms with van der Waals surface area (Å²) < 4.78 is 1.90. The summed E-state index contributed by atoms with van der Waals surface area (Å²) in [6.45, 7) is 3.49. The number of hydrogen-bond donors (Lipinski definition) is 1. The van der Waals surface area contributed by atoms with Gasteiger partial charge in [-0.15, -0.1) is 0 Å². The van der Waals surface area contributed by atoms with Crippen molar-refractivity contribution in [3.63, 3.8) is 0 Å². The van der Waals surface area contributed by atoms with Crippen LogP contribution >= 0.6 is 0 Å². The van der Waals surface area contributed by atoms with Gasteiger partial charge < -0.3 is 15.5 Å². The maximum atomic E-state index is 11.8. The van der Waals surface area contributed by atoms with Gasteiger partial charge in [0.15, 0.2) is 0 Å². The van der Waals surface area contributed by atoms with Crippen LogP contribution in [0.2, 0.25) is 0 Å². The predicted octanol–water partition coefficient (Wildman–Crippen LogP) is 1.09. The summed E-state index contributed by atoms with van der Waals surface area (Å²) in [7, 11) is 3.56. The smallest absolute Gasteiger partial charge is 0.319 e. The Morgan fingerprint density at radius 1 is 1.44 bits per heavy atom. The monoisotopic (exact) mass is 251 g/mol. The molecule has 1 fully saturated rings. The van der Waals surface area contributed by atoms with Gasteiger partial charge in [0.25, 0.3) is 0 Å². The summed E-state index contributed by atoms with van der Waals surface area (Å²) in [6.07, 6.45) is 3.61. The number of hydrogen-bond acceptors (Lipinski definition) is 3. The summed E-state index contributed by atoms with van der Waals surface area (Å²) in [5, 5.41) is 4.32. The number of rotatable bonds is 1. The summed E-state index contributed by atoms with van der Waals surface area (Å²) in [6, 6.07) is 0.392. The third kappa shape index (κ3) is 2.27. The molecule has 6 nitrogen and oxygen atoms in total. The maximum absolute atomic E-state index is 11.8. The van der Waals surface area contributed by atoms with Crippen LogP contribution in [-0.2, 0) is 0 Å². The number of amides is 2. The fraction of sp³-hybridized carbons (Fsp3) is 0.667. The van der Waals surface area contributed by atoms with E-state index >= 15 is 0 Å². The average molecular weight is 251 g/mol. The van der Waals surface area contributed by atoms with Crippen molar-refractivity contribution in [2.24, 2.45) is 0 Å². The van der Waals surface area contributed by atoms with Gasteiger partial charge in [0.05, 0.1) is 12.2 Å². The summed E-state index contributed by atoms with van der Waals surface area (Å²) >= 11 is 0. The van der Waals surface area contributed by atoms with Crippen molar-refractivity contribution in [1.82, 2.24) is 19.6 Å². The highest BCUT2D eigenvalue weighted by atomic mass is 16.2. The molecule has 18 heavy (non-hydrogen) atoms. The third-order valence-corrected chi connectivity index (χ3v) is 3.49. The van der Waals surface area contributed by atoms with E-state index in [2.05, 4.69) is 5.10 Å². The van der Waals surface area contributed by atoms with E-state index in [-0.39, 0.29) is 6.03 Å². The van der Waals surface area contributed by atoms with Crippen LogP contribution in [0, 0.1) is 6.92 Å². The first-order valence-electron chi connectivity index (χ1n) is 6.26. The largest absolute Gasteiger partial charge is 0.384 e. The van der Waals surface area contributed by atoms with E-state index in [4.69, 9.17) is 5.73 Å². The number of nitrogens with zero attached hydrogens (tertiary/aromatic N) is 4. The van der Waals surface area contributed by atoms with Gasteiger partial charge in [-0.05, 0) is 19.8 Å². The van der Waals surface area contributed by atoms with Crippen LogP contribution in [0.4, 0.5) is 10.6 Å². The summed E-state index contributed by atoms with van der Waals surface area (Å²) in [5.41, 5.74) is 7.00. The molecule has 0 aliphatic carbocycles. The highest BCUT2D eigenvalue weighted by Gasteiger charge is 2.26. The lowest BCUT2D eigenvalue weighted by molar-refractivity contribution is 0.146. The van der Waals surface area contributed by atoms with Crippen molar-refractivity contribution in [3.8, 4) is 0 Å². The van der Waals surface area contributed by atoms with Gasteiger partial charge in [0.2, 0.25) is 0 Å². The molecule has 2 heterocycles. The lowest BCUT2D eigenvalue weighted by atomic mass is 10.1. The molecule has 0 unspecified atom stereocenters. The molecule has 2 N–H and O–H groups in total. The zero-order chi connectivity index (χ0) is 13.3. The minimum atomic E-state index is 0.0815. The van der Waals surface area contributed by atoms with Crippen molar-refractivity contribution < 1.29 is 4.79 Å². The van der Waals surface area contributed by atoms with Crippen LogP contribution in [0.5, 0.6) is 0 Å². The maximum Gasteiger partial charge on any atom is 0.319 e. The molecule has 1 saturated heterocycles. The quantitative estimate of drug-likeness (QED) is 0.812. The molecule has 0 saturated carbocycles. The van der Waals surface area contributed by atoms with Gasteiger partial charge in [0, 0.05) is 32.7 Å². The van der Waals surface area contributed by atoms with Crippen LogP contribution < -0.4 is 5.73 Å². The van der Waals surface area contributed by atoms with Gasteiger partial charge in [-0.1, -0.05) is 0 Å². The van der Waals surface area contributed by atoms with Crippen LogP contribution in [0.15, 0.2) is 6.20 Å². The number of urea groups is 1. The minimum absolute atomic E-state index is 0.0815. The Kier molecular flexibility index (Phi) is 3.45. The number of likely N-dealkylation sites (tertiary alicyclic amines) is 1. The lowest BCUT2D eigenvalue weighted by Crippen LogP contribution is -2.44. The van der Waals surface area contributed by atoms with Gasteiger partial charge >= 0.3 is 6.03 Å². The molecule has 0 atom stereocenters. The molecule has 0 aromatic carbocycles. The van der Waals surface area contributed by atoms with Crippen molar-refractivity contribution >= 4 is 11.8 Å². The number of piperidine rings is 1. The first kappa shape index (κ1) is 12.7. The second-order valence-electron chi connectivity index (χ2n) is 5.05. The Labute approximate surface area is 107 Å². The molecule has 0 bridgehead atoms. The molecule has 2 rings (SSSR count). The number of nitrogen functional groups attached to an aromatic ring is 1. The molecular formula is C12H21N5O. The van der Waals surface area contributed by atoms with E-state index in [1.165, 1.54) is 0 Å². The second-order valence-corrected chi connectivity index (χ2v) is 5.05. The van der Waals surface area contributed by atoms with E-state index in [1.807, 2.05) is 16.5 Å². The van der Waals surface area contributed by atoms with Gasteiger partial charge in [-0.25, -0.2) is 9.48 Å². The number of nitrogens with two attached hydrogens (primary N) is 1. The van der Waals surface area contributed by atoms with E-state index in [0.717, 1.165) is 37.3 Å². The van der Waals surface area contributed by atoms with E-state index in [0.29, 0.717) is 6.04 Å². The van der Waals surface area contributed by atoms with E-state index in [9.17, 15) is 4.79 Å². The summed E-state index contributed by atoms with van der Waals surface area (Å²) in [5.74, 6) is 0.743. The Morgan fingerprint density at radius 2 is 2.06 bits per heavy atom. The fourth-order valence-electron chi connectivity index (χ4n) is 2.33. The van der Waals surface area contributed by atoms with Gasteiger partial charge in [-0.2, -0.15) is 5.10 Å². The number of carbonyl (C=O) groups is 1. The van der Waals surface area contributed by atoms with Crippen LogP contribution in [0.25, 0.3) is 0 Å². The third-order valence-electron chi connectivity index (χ3n) is 3.49. The molecular weight excluding hydrogens is 230 g/mol. The van der Waals surface area contributed by atoms with E-state index < -0.39 is 0 Å². The number of aromatic nitrogens is 2. The van der Waals surface area contributed by atoms with Crippen LogP contribution in [0.1, 0.15) is 24.4 Å². The van der Waals surface area contributed by atoms with Crippen molar-refractivity contribution in [1.29, 1.82) is 0 Å². The second kappa shape index (κ2) is 4.88. The zero-order valence-corrected chi connectivity index (χ0v) is 11.3. The normalized spacial score (nSPS) is 16.9. The molecule has 0 spiro atoms.